The Balaban J connectivity index is 2.54. The molecule has 0 aliphatic carbocycles. The van der Waals surface area contributed by atoms with Gasteiger partial charge < -0.3 is 4.74 Å². The summed E-state index contributed by atoms with van der Waals surface area (Å²) < 4.78 is 5.06. The van der Waals surface area contributed by atoms with Crippen molar-refractivity contribution in [3.05, 3.63) is 42.0 Å². The fourth-order valence-electron chi connectivity index (χ4n) is 1.38. The molecular formula is C15H16O2. The molecular weight excluding hydrogens is 212 g/mol. The number of unbranched alkanes of at least 4 members (excludes halogenated alkanes) is 2. The Labute approximate surface area is 102 Å². The molecule has 88 valence electrons. The van der Waals surface area contributed by atoms with Gasteiger partial charge in [0.15, 0.2) is 5.78 Å². The highest BCUT2D eigenvalue weighted by atomic mass is 16.5. The van der Waals surface area contributed by atoms with Gasteiger partial charge in [-0.25, -0.2) is 0 Å². The van der Waals surface area contributed by atoms with Gasteiger partial charge in [0.05, 0.1) is 7.11 Å². The van der Waals surface area contributed by atoms with Gasteiger partial charge in [0.1, 0.15) is 5.75 Å². The van der Waals surface area contributed by atoms with E-state index in [2.05, 4.69) is 5.92 Å². The van der Waals surface area contributed by atoms with Crippen molar-refractivity contribution in [1.29, 1.82) is 0 Å². The SMILES string of the molecule is C#CCCC/C=C/C(=O)c1cccc(OC)c1. The molecule has 0 bridgehead atoms. The number of benzene rings is 1. The van der Waals surface area contributed by atoms with Crippen LogP contribution in [-0.2, 0) is 0 Å². The molecule has 0 atom stereocenters. The van der Waals surface area contributed by atoms with Crippen molar-refractivity contribution in [3.63, 3.8) is 0 Å². The number of methoxy groups -OCH3 is 1. The van der Waals surface area contributed by atoms with E-state index in [9.17, 15) is 4.79 Å². The highest BCUT2D eigenvalue weighted by Gasteiger charge is 2.02. The second-order valence-electron chi connectivity index (χ2n) is 3.59. The van der Waals surface area contributed by atoms with E-state index in [0.717, 1.165) is 19.3 Å². The molecule has 0 aliphatic rings. The molecule has 1 aromatic rings. The number of hydrogen-bond donors (Lipinski definition) is 0. The van der Waals surface area contributed by atoms with Crippen LogP contribution in [0.15, 0.2) is 36.4 Å². The van der Waals surface area contributed by atoms with E-state index in [-0.39, 0.29) is 5.78 Å². The number of rotatable bonds is 6. The smallest absolute Gasteiger partial charge is 0.185 e. The van der Waals surface area contributed by atoms with Crippen LogP contribution in [0.3, 0.4) is 0 Å². The summed E-state index contributed by atoms with van der Waals surface area (Å²) in [7, 11) is 1.58. The molecule has 2 heteroatoms. The summed E-state index contributed by atoms with van der Waals surface area (Å²) in [5.41, 5.74) is 0.637. The van der Waals surface area contributed by atoms with Gasteiger partial charge >= 0.3 is 0 Å². The van der Waals surface area contributed by atoms with Crippen LogP contribution in [0.2, 0.25) is 0 Å². The second-order valence-corrected chi connectivity index (χ2v) is 3.59. The van der Waals surface area contributed by atoms with Crippen LogP contribution in [-0.4, -0.2) is 12.9 Å². The molecule has 0 fully saturated rings. The lowest BCUT2D eigenvalue weighted by atomic mass is 10.1. The van der Waals surface area contributed by atoms with Crippen LogP contribution < -0.4 is 4.74 Å². The first-order valence-corrected chi connectivity index (χ1v) is 5.56. The molecule has 1 aromatic carbocycles. The molecule has 17 heavy (non-hydrogen) atoms. The zero-order valence-electron chi connectivity index (χ0n) is 9.98. The maximum Gasteiger partial charge on any atom is 0.185 e. The number of hydrogen-bond acceptors (Lipinski definition) is 2. The monoisotopic (exact) mass is 228 g/mol. The predicted octanol–water partition coefficient (Wildman–Crippen LogP) is 3.24. The van der Waals surface area contributed by atoms with Gasteiger partial charge in [-0.3, -0.25) is 4.79 Å². The summed E-state index contributed by atoms with van der Waals surface area (Å²) in [4.78, 5) is 11.8. The summed E-state index contributed by atoms with van der Waals surface area (Å²) in [6, 6.07) is 7.12. The highest BCUT2D eigenvalue weighted by molar-refractivity contribution is 6.04. The van der Waals surface area contributed by atoms with Gasteiger partial charge in [-0.05, 0) is 31.1 Å². The molecule has 1 rings (SSSR count). The molecule has 0 saturated heterocycles. The Kier molecular flexibility index (Phi) is 5.60. The standard InChI is InChI=1S/C15H16O2/c1-3-4-5-6-7-11-15(16)13-9-8-10-14(12-13)17-2/h1,7-12H,4-6H2,2H3/b11-7+. The van der Waals surface area contributed by atoms with Crippen molar-refractivity contribution in [2.45, 2.75) is 19.3 Å². The maximum atomic E-state index is 11.8. The van der Waals surface area contributed by atoms with Gasteiger partial charge in [-0.15, -0.1) is 12.3 Å². The highest BCUT2D eigenvalue weighted by Crippen LogP contribution is 2.13. The largest absolute Gasteiger partial charge is 0.497 e. The topological polar surface area (TPSA) is 26.3 Å². The van der Waals surface area contributed by atoms with E-state index in [1.54, 1.807) is 31.4 Å². The third-order valence-corrected chi connectivity index (χ3v) is 2.32. The van der Waals surface area contributed by atoms with E-state index in [1.165, 1.54) is 0 Å². The van der Waals surface area contributed by atoms with Crippen LogP contribution >= 0.6 is 0 Å². The van der Waals surface area contributed by atoms with Crippen molar-refractivity contribution in [1.82, 2.24) is 0 Å². The average Bonchev–Trinajstić information content (AvgIpc) is 2.38. The van der Waals surface area contributed by atoms with Crippen LogP contribution in [0, 0.1) is 12.3 Å². The lowest BCUT2D eigenvalue weighted by Crippen LogP contribution is -1.94. The van der Waals surface area contributed by atoms with E-state index >= 15 is 0 Å². The van der Waals surface area contributed by atoms with Gasteiger partial charge in [-0.1, -0.05) is 18.2 Å². The van der Waals surface area contributed by atoms with Crippen molar-refractivity contribution in [3.8, 4) is 18.1 Å². The van der Waals surface area contributed by atoms with E-state index < -0.39 is 0 Å². The first-order valence-electron chi connectivity index (χ1n) is 5.56. The zero-order valence-corrected chi connectivity index (χ0v) is 9.98. The number of terminal acetylenes is 1. The Morgan fingerprint density at radius 1 is 1.53 bits per heavy atom. The predicted molar refractivity (Wildman–Crippen MR) is 69.1 cm³/mol. The summed E-state index contributed by atoms with van der Waals surface area (Å²) in [5.74, 6) is 3.25. The minimum atomic E-state index is -0.00962. The molecule has 0 spiro atoms. The van der Waals surface area contributed by atoms with Crippen LogP contribution in [0.4, 0.5) is 0 Å². The normalized spacial score (nSPS) is 10.1. The number of carbonyl (C=O) groups is 1. The van der Waals surface area contributed by atoms with E-state index in [1.807, 2.05) is 12.1 Å². The Morgan fingerprint density at radius 2 is 2.35 bits per heavy atom. The maximum absolute atomic E-state index is 11.8. The van der Waals surface area contributed by atoms with Crippen molar-refractivity contribution < 1.29 is 9.53 Å². The fourth-order valence-corrected chi connectivity index (χ4v) is 1.38. The number of ketones is 1. The van der Waals surface area contributed by atoms with Gasteiger partial charge in [-0.2, -0.15) is 0 Å². The Bertz CT molecular complexity index is 438. The van der Waals surface area contributed by atoms with Crippen molar-refractivity contribution in [2.24, 2.45) is 0 Å². The molecule has 2 nitrogen and oxygen atoms in total. The molecule has 0 unspecified atom stereocenters. The Hall–Kier alpha value is -2.01. The minimum absolute atomic E-state index is 0.00962. The lowest BCUT2D eigenvalue weighted by Gasteiger charge is -2.00. The lowest BCUT2D eigenvalue weighted by molar-refractivity contribution is 0.104. The van der Waals surface area contributed by atoms with Gasteiger partial charge in [0, 0.05) is 12.0 Å². The molecule has 0 aliphatic heterocycles. The second kappa shape index (κ2) is 7.29. The third-order valence-electron chi connectivity index (χ3n) is 2.32. The van der Waals surface area contributed by atoms with Crippen LogP contribution in [0.5, 0.6) is 5.75 Å². The van der Waals surface area contributed by atoms with E-state index in [4.69, 9.17) is 11.2 Å². The number of ether oxygens (including phenoxy) is 1. The number of carbonyl (C=O) groups excluding carboxylic acids is 1. The summed E-state index contributed by atoms with van der Waals surface area (Å²) >= 11 is 0. The summed E-state index contributed by atoms with van der Waals surface area (Å²) in [5, 5.41) is 0. The quantitative estimate of drug-likeness (QED) is 0.323. The Morgan fingerprint density at radius 3 is 3.06 bits per heavy atom. The van der Waals surface area contributed by atoms with Crippen molar-refractivity contribution in [2.75, 3.05) is 7.11 Å². The summed E-state index contributed by atoms with van der Waals surface area (Å²) in [6.45, 7) is 0. The third kappa shape index (κ3) is 4.56. The van der Waals surface area contributed by atoms with Crippen LogP contribution in [0.1, 0.15) is 29.6 Å². The van der Waals surface area contributed by atoms with Gasteiger partial charge in [0.25, 0.3) is 0 Å². The molecule has 0 saturated carbocycles. The number of allylic oxidation sites excluding steroid dienone is 2. The zero-order chi connectivity index (χ0) is 12.5. The molecule has 0 heterocycles. The summed E-state index contributed by atoms with van der Waals surface area (Å²) in [6.07, 6.45) is 11.1. The minimum Gasteiger partial charge on any atom is -0.497 e. The van der Waals surface area contributed by atoms with Crippen LogP contribution in [0.25, 0.3) is 0 Å². The first-order chi connectivity index (χ1) is 8.27. The first kappa shape index (κ1) is 13.1. The van der Waals surface area contributed by atoms with E-state index in [0.29, 0.717) is 11.3 Å². The fraction of sp³-hybridized carbons (Fsp3) is 0.267. The van der Waals surface area contributed by atoms with Gasteiger partial charge in [0.2, 0.25) is 0 Å². The molecule has 0 amide bonds. The van der Waals surface area contributed by atoms with Crippen molar-refractivity contribution >= 4 is 5.78 Å². The average molecular weight is 228 g/mol. The molecule has 0 aromatic heterocycles. The molecule has 0 N–H and O–H groups in total. The molecule has 0 radical (unpaired) electrons.